The summed E-state index contributed by atoms with van der Waals surface area (Å²) < 4.78 is 14.4. The highest BCUT2D eigenvalue weighted by Crippen LogP contribution is 2.33. The molecule has 1 aliphatic rings. The van der Waals surface area contributed by atoms with Crippen molar-refractivity contribution in [2.45, 2.75) is 18.9 Å². The van der Waals surface area contributed by atoms with Gasteiger partial charge in [0.2, 0.25) is 0 Å². The summed E-state index contributed by atoms with van der Waals surface area (Å²) in [6.07, 6.45) is 3.68. The molecule has 2 heterocycles. The highest BCUT2D eigenvalue weighted by Gasteiger charge is 2.33. The SMILES string of the molecule is O=C(c1c(F)cccc1Br)N1CCCC1c1ccc[nH]1. The van der Waals surface area contributed by atoms with Crippen molar-refractivity contribution in [3.63, 3.8) is 0 Å². The van der Waals surface area contributed by atoms with Crippen LogP contribution >= 0.6 is 15.9 Å². The second-order valence-corrected chi connectivity index (χ2v) is 5.73. The molecule has 1 unspecified atom stereocenters. The Labute approximate surface area is 124 Å². The van der Waals surface area contributed by atoms with Crippen LogP contribution in [0.3, 0.4) is 0 Å². The lowest BCUT2D eigenvalue weighted by Gasteiger charge is -2.24. The molecule has 104 valence electrons. The van der Waals surface area contributed by atoms with Gasteiger partial charge in [0.15, 0.2) is 0 Å². The van der Waals surface area contributed by atoms with Crippen LogP contribution in [0.4, 0.5) is 4.39 Å². The second-order valence-electron chi connectivity index (χ2n) is 4.88. The van der Waals surface area contributed by atoms with Gasteiger partial charge in [-0.15, -0.1) is 0 Å². The third-order valence-corrected chi connectivity index (χ3v) is 4.33. The van der Waals surface area contributed by atoms with Crippen molar-refractivity contribution < 1.29 is 9.18 Å². The minimum Gasteiger partial charge on any atom is -0.363 e. The summed E-state index contributed by atoms with van der Waals surface area (Å²) in [5.41, 5.74) is 1.12. The smallest absolute Gasteiger partial charge is 0.258 e. The Morgan fingerprint density at radius 2 is 2.20 bits per heavy atom. The largest absolute Gasteiger partial charge is 0.363 e. The zero-order valence-electron chi connectivity index (χ0n) is 10.8. The Kier molecular flexibility index (Phi) is 3.61. The first kappa shape index (κ1) is 13.4. The maximum absolute atomic E-state index is 13.9. The van der Waals surface area contributed by atoms with Crippen molar-refractivity contribution in [1.29, 1.82) is 0 Å². The second kappa shape index (κ2) is 5.40. The van der Waals surface area contributed by atoms with Crippen LogP contribution in [0.5, 0.6) is 0 Å². The van der Waals surface area contributed by atoms with E-state index in [1.807, 2.05) is 18.3 Å². The molecule has 0 spiro atoms. The molecule has 20 heavy (non-hydrogen) atoms. The van der Waals surface area contributed by atoms with Gasteiger partial charge in [0, 0.05) is 22.9 Å². The van der Waals surface area contributed by atoms with Crippen molar-refractivity contribution in [3.8, 4) is 0 Å². The topological polar surface area (TPSA) is 36.1 Å². The van der Waals surface area contributed by atoms with Gasteiger partial charge in [0.1, 0.15) is 5.82 Å². The summed E-state index contributed by atoms with van der Waals surface area (Å²) in [5.74, 6) is -0.742. The van der Waals surface area contributed by atoms with E-state index >= 15 is 0 Å². The molecule has 1 aromatic carbocycles. The Morgan fingerprint density at radius 3 is 2.90 bits per heavy atom. The molecule has 1 fully saturated rings. The number of nitrogens with zero attached hydrogens (tertiary/aromatic N) is 1. The molecule has 1 aromatic heterocycles. The Balaban J connectivity index is 1.94. The zero-order valence-corrected chi connectivity index (χ0v) is 12.4. The number of hydrogen-bond donors (Lipinski definition) is 1. The van der Waals surface area contributed by atoms with E-state index in [-0.39, 0.29) is 17.5 Å². The van der Waals surface area contributed by atoms with Crippen LogP contribution in [-0.4, -0.2) is 22.3 Å². The number of likely N-dealkylation sites (tertiary alicyclic amines) is 1. The van der Waals surface area contributed by atoms with Crippen LogP contribution in [0.1, 0.15) is 34.9 Å². The van der Waals surface area contributed by atoms with Crippen LogP contribution in [0, 0.1) is 5.82 Å². The average Bonchev–Trinajstić information content (AvgIpc) is 3.09. The normalized spacial score (nSPS) is 18.5. The summed E-state index contributed by atoms with van der Waals surface area (Å²) in [4.78, 5) is 17.5. The number of rotatable bonds is 2. The maximum Gasteiger partial charge on any atom is 0.258 e. The monoisotopic (exact) mass is 336 g/mol. The lowest BCUT2D eigenvalue weighted by atomic mass is 10.1. The van der Waals surface area contributed by atoms with Crippen molar-refractivity contribution in [1.82, 2.24) is 9.88 Å². The lowest BCUT2D eigenvalue weighted by Crippen LogP contribution is -2.31. The van der Waals surface area contributed by atoms with E-state index < -0.39 is 5.82 Å². The van der Waals surface area contributed by atoms with Crippen LogP contribution in [0.2, 0.25) is 0 Å². The van der Waals surface area contributed by atoms with Crippen LogP contribution < -0.4 is 0 Å². The first-order chi connectivity index (χ1) is 9.68. The van der Waals surface area contributed by atoms with E-state index in [1.165, 1.54) is 6.07 Å². The van der Waals surface area contributed by atoms with Crippen molar-refractivity contribution in [3.05, 3.63) is 58.1 Å². The first-order valence-electron chi connectivity index (χ1n) is 6.57. The van der Waals surface area contributed by atoms with Crippen molar-refractivity contribution >= 4 is 21.8 Å². The number of carbonyl (C=O) groups is 1. The molecule has 3 nitrogen and oxygen atoms in total. The van der Waals surface area contributed by atoms with Gasteiger partial charge in [-0.3, -0.25) is 4.79 Å². The highest BCUT2D eigenvalue weighted by atomic mass is 79.9. The average molecular weight is 337 g/mol. The number of benzene rings is 1. The Hall–Kier alpha value is -1.62. The summed E-state index contributed by atoms with van der Waals surface area (Å²) in [6.45, 7) is 0.656. The summed E-state index contributed by atoms with van der Waals surface area (Å²) in [7, 11) is 0. The van der Waals surface area contributed by atoms with Crippen LogP contribution in [0.25, 0.3) is 0 Å². The van der Waals surface area contributed by atoms with Crippen molar-refractivity contribution in [2.24, 2.45) is 0 Å². The number of amides is 1. The molecular formula is C15H14BrFN2O. The quantitative estimate of drug-likeness (QED) is 0.887. The summed E-state index contributed by atoms with van der Waals surface area (Å²) in [6, 6.07) is 8.47. The number of hydrogen-bond acceptors (Lipinski definition) is 1. The van der Waals surface area contributed by atoms with Gasteiger partial charge < -0.3 is 9.88 Å². The Morgan fingerprint density at radius 1 is 1.35 bits per heavy atom. The molecule has 5 heteroatoms. The molecule has 0 radical (unpaired) electrons. The number of aromatic amines is 1. The zero-order chi connectivity index (χ0) is 14.1. The first-order valence-corrected chi connectivity index (χ1v) is 7.36. The number of aromatic nitrogens is 1. The Bertz CT molecular complexity index is 607. The lowest BCUT2D eigenvalue weighted by molar-refractivity contribution is 0.0727. The fourth-order valence-electron chi connectivity index (χ4n) is 2.73. The van der Waals surface area contributed by atoms with Gasteiger partial charge in [-0.1, -0.05) is 6.07 Å². The third-order valence-electron chi connectivity index (χ3n) is 3.67. The van der Waals surface area contributed by atoms with Gasteiger partial charge in [-0.05, 0) is 53.0 Å². The standard InChI is InChI=1S/C15H14BrFN2O/c16-10-4-1-5-11(17)14(10)15(20)19-9-3-7-13(19)12-6-2-8-18-12/h1-2,4-6,8,13,18H,3,7,9H2. The van der Waals surface area contributed by atoms with Gasteiger partial charge >= 0.3 is 0 Å². The molecule has 0 saturated carbocycles. The highest BCUT2D eigenvalue weighted by molar-refractivity contribution is 9.10. The molecule has 3 rings (SSSR count). The van der Waals surface area contributed by atoms with Gasteiger partial charge in [-0.25, -0.2) is 4.39 Å². The maximum atomic E-state index is 13.9. The van der Waals surface area contributed by atoms with E-state index in [0.717, 1.165) is 18.5 Å². The number of halogens is 2. The number of carbonyl (C=O) groups excluding carboxylic acids is 1. The molecule has 1 N–H and O–H groups in total. The molecule has 0 aliphatic carbocycles. The molecule has 2 aromatic rings. The van der Waals surface area contributed by atoms with Crippen molar-refractivity contribution in [2.75, 3.05) is 6.54 Å². The third kappa shape index (κ3) is 2.26. The van der Waals surface area contributed by atoms with Crippen LogP contribution in [-0.2, 0) is 0 Å². The summed E-state index contributed by atoms with van der Waals surface area (Å²) in [5, 5.41) is 0. The van der Waals surface area contributed by atoms with Crippen LogP contribution in [0.15, 0.2) is 41.0 Å². The molecule has 0 bridgehead atoms. The molecule has 1 saturated heterocycles. The minimum atomic E-state index is -0.485. The minimum absolute atomic E-state index is 0.00371. The fourth-order valence-corrected chi connectivity index (χ4v) is 3.24. The van der Waals surface area contributed by atoms with E-state index in [2.05, 4.69) is 20.9 Å². The van der Waals surface area contributed by atoms with E-state index in [4.69, 9.17) is 0 Å². The number of H-pyrrole nitrogens is 1. The van der Waals surface area contributed by atoms with Gasteiger partial charge in [0.25, 0.3) is 5.91 Å². The van der Waals surface area contributed by atoms with Gasteiger partial charge in [0.05, 0.1) is 11.6 Å². The van der Waals surface area contributed by atoms with E-state index in [9.17, 15) is 9.18 Å². The predicted octanol–water partition coefficient (Wildman–Crippen LogP) is 3.89. The number of nitrogens with one attached hydrogen (secondary N) is 1. The summed E-state index contributed by atoms with van der Waals surface area (Å²) >= 11 is 3.27. The van der Waals surface area contributed by atoms with E-state index in [1.54, 1.807) is 17.0 Å². The van der Waals surface area contributed by atoms with E-state index in [0.29, 0.717) is 11.0 Å². The molecule has 1 aliphatic heterocycles. The molecule has 1 atom stereocenters. The van der Waals surface area contributed by atoms with Gasteiger partial charge in [-0.2, -0.15) is 0 Å². The molecule has 1 amide bonds. The molecular weight excluding hydrogens is 323 g/mol. The fraction of sp³-hybridized carbons (Fsp3) is 0.267. The predicted molar refractivity (Wildman–Crippen MR) is 77.9 cm³/mol.